The summed E-state index contributed by atoms with van der Waals surface area (Å²) in [6, 6.07) is 0. The number of amides is 2. The van der Waals surface area contributed by atoms with E-state index in [0.717, 1.165) is 0 Å². The van der Waals surface area contributed by atoms with Crippen molar-refractivity contribution >= 4 is 17.8 Å². The molecule has 0 fully saturated rings. The number of carbonyl (C=O) groups excluding carboxylic acids is 2. The molecule has 0 bridgehead atoms. The van der Waals surface area contributed by atoms with Crippen LogP contribution in [0.2, 0.25) is 0 Å². The van der Waals surface area contributed by atoms with E-state index in [1.807, 2.05) is 13.8 Å². The van der Waals surface area contributed by atoms with Gasteiger partial charge in [-0.05, 0) is 13.3 Å². The van der Waals surface area contributed by atoms with Crippen LogP contribution in [-0.4, -0.2) is 72.4 Å². The van der Waals surface area contributed by atoms with E-state index in [-0.39, 0.29) is 31.1 Å². The molecule has 0 aromatic heterocycles. The number of carboxylic acid groups (broad SMARTS) is 1. The van der Waals surface area contributed by atoms with Gasteiger partial charge in [-0.3, -0.25) is 19.2 Å². The van der Waals surface area contributed by atoms with Gasteiger partial charge in [-0.15, -0.1) is 0 Å². The number of hydroxylamine groups is 2. The van der Waals surface area contributed by atoms with Gasteiger partial charge >= 0.3 is 5.97 Å². The predicted molar refractivity (Wildman–Crippen MR) is 98.3 cm³/mol. The Morgan fingerprint density at radius 3 is 2.78 bits per heavy atom. The zero-order valence-electron chi connectivity index (χ0n) is 16.6. The Balaban J connectivity index is 2.15. The van der Waals surface area contributed by atoms with Crippen molar-refractivity contribution in [2.75, 3.05) is 33.3 Å². The van der Waals surface area contributed by atoms with Crippen molar-refractivity contribution in [2.45, 2.75) is 46.3 Å². The Morgan fingerprint density at radius 1 is 1.44 bits per heavy atom. The molecule has 1 aliphatic rings. The fourth-order valence-electron chi connectivity index (χ4n) is 2.51. The van der Waals surface area contributed by atoms with Crippen molar-refractivity contribution in [3.63, 3.8) is 0 Å². The molecule has 1 aliphatic heterocycles. The standard InChI is InChI=1S/C18H31N3O6/c1-14-21(16(23)7-11-26-14)9-5-6-15(22)19-8-10-20(4)27-13-18(2,3)12-17(24)25/h7,11,14H,5-6,8-10,12-13H2,1-4H3,(H,19,22)(H,24,25). The molecule has 0 saturated heterocycles. The Hall–Kier alpha value is -2.13. The summed E-state index contributed by atoms with van der Waals surface area (Å²) in [6.45, 7) is 7.07. The first kappa shape index (κ1) is 22.9. The third-order valence-corrected chi connectivity index (χ3v) is 4.07. The smallest absolute Gasteiger partial charge is 0.303 e. The highest BCUT2D eigenvalue weighted by molar-refractivity contribution is 5.88. The van der Waals surface area contributed by atoms with E-state index in [0.29, 0.717) is 32.5 Å². The minimum Gasteiger partial charge on any atom is -0.481 e. The molecule has 27 heavy (non-hydrogen) atoms. The van der Waals surface area contributed by atoms with Gasteiger partial charge in [0.2, 0.25) is 5.91 Å². The molecule has 154 valence electrons. The first-order valence-corrected chi connectivity index (χ1v) is 9.06. The van der Waals surface area contributed by atoms with Gasteiger partial charge < -0.3 is 20.1 Å². The first-order valence-electron chi connectivity index (χ1n) is 9.06. The lowest BCUT2D eigenvalue weighted by atomic mass is 9.91. The molecule has 9 nitrogen and oxygen atoms in total. The van der Waals surface area contributed by atoms with E-state index in [9.17, 15) is 14.4 Å². The summed E-state index contributed by atoms with van der Waals surface area (Å²) in [5, 5.41) is 13.2. The Bertz CT molecular complexity index is 549. The third-order valence-electron chi connectivity index (χ3n) is 4.07. The van der Waals surface area contributed by atoms with E-state index in [1.165, 1.54) is 12.3 Å². The number of rotatable bonds is 12. The van der Waals surface area contributed by atoms with Gasteiger partial charge in [-0.25, -0.2) is 0 Å². The number of hydrogen-bond donors (Lipinski definition) is 2. The van der Waals surface area contributed by atoms with Gasteiger partial charge in [0.05, 0.1) is 19.3 Å². The van der Waals surface area contributed by atoms with Crippen molar-refractivity contribution in [2.24, 2.45) is 5.41 Å². The minimum absolute atomic E-state index is 0.0244. The number of ether oxygens (including phenoxy) is 1. The van der Waals surface area contributed by atoms with E-state index >= 15 is 0 Å². The largest absolute Gasteiger partial charge is 0.481 e. The lowest BCUT2D eigenvalue weighted by Crippen LogP contribution is -2.42. The molecule has 2 amide bonds. The first-order chi connectivity index (χ1) is 12.6. The van der Waals surface area contributed by atoms with Crippen molar-refractivity contribution in [3.8, 4) is 0 Å². The van der Waals surface area contributed by atoms with Crippen LogP contribution >= 0.6 is 0 Å². The molecule has 1 rings (SSSR count). The van der Waals surface area contributed by atoms with Crippen molar-refractivity contribution in [1.29, 1.82) is 0 Å². The molecule has 0 aliphatic carbocycles. The van der Waals surface area contributed by atoms with Crippen LogP contribution < -0.4 is 5.32 Å². The Labute approximate surface area is 160 Å². The molecule has 9 heteroatoms. The molecule has 0 aromatic rings. The van der Waals surface area contributed by atoms with Gasteiger partial charge in [0.25, 0.3) is 5.91 Å². The van der Waals surface area contributed by atoms with E-state index in [2.05, 4.69) is 5.32 Å². The maximum absolute atomic E-state index is 11.9. The Morgan fingerprint density at radius 2 is 2.15 bits per heavy atom. The maximum Gasteiger partial charge on any atom is 0.303 e. The van der Waals surface area contributed by atoms with Crippen molar-refractivity contribution in [3.05, 3.63) is 12.3 Å². The fraction of sp³-hybridized carbons (Fsp3) is 0.722. The third kappa shape index (κ3) is 9.39. The zero-order valence-corrected chi connectivity index (χ0v) is 16.6. The molecule has 1 heterocycles. The topological polar surface area (TPSA) is 108 Å². The van der Waals surface area contributed by atoms with Gasteiger partial charge in [0.1, 0.15) is 0 Å². The number of hydrogen-bond acceptors (Lipinski definition) is 6. The highest BCUT2D eigenvalue weighted by Gasteiger charge is 2.23. The Kier molecular flexibility index (Phi) is 9.23. The second-order valence-corrected chi connectivity index (χ2v) is 7.38. The lowest BCUT2D eigenvalue weighted by Gasteiger charge is -2.30. The second kappa shape index (κ2) is 10.9. The maximum atomic E-state index is 11.9. The molecular formula is C18H31N3O6. The molecule has 0 spiro atoms. The van der Waals surface area contributed by atoms with Crippen LogP contribution in [0.4, 0.5) is 0 Å². The normalized spacial score (nSPS) is 17.1. The van der Waals surface area contributed by atoms with Gasteiger partial charge in [0, 0.05) is 44.6 Å². The number of nitrogens with zero attached hydrogens (tertiary/aromatic N) is 2. The SMILES string of the molecule is CC1OC=CC(=O)N1CCCC(=O)NCCN(C)OCC(C)(C)CC(=O)O. The van der Waals surface area contributed by atoms with Crippen LogP contribution in [0, 0.1) is 5.41 Å². The lowest BCUT2D eigenvalue weighted by molar-refractivity contribution is -0.168. The minimum atomic E-state index is -0.859. The molecule has 1 unspecified atom stereocenters. The fourth-order valence-corrected chi connectivity index (χ4v) is 2.51. The number of nitrogens with one attached hydrogen (secondary N) is 1. The summed E-state index contributed by atoms with van der Waals surface area (Å²) < 4.78 is 5.25. The second-order valence-electron chi connectivity index (χ2n) is 7.38. The highest BCUT2D eigenvalue weighted by atomic mass is 16.7. The summed E-state index contributed by atoms with van der Waals surface area (Å²) >= 11 is 0. The van der Waals surface area contributed by atoms with Crippen LogP contribution in [-0.2, 0) is 24.0 Å². The van der Waals surface area contributed by atoms with Gasteiger partial charge in [-0.2, -0.15) is 5.06 Å². The number of likely N-dealkylation sites (N-methyl/N-ethyl adjacent to an activating group) is 1. The molecule has 0 radical (unpaired) electrons. The van der Waals surface area contributed by atoms with Crippen LogP contribution in [0.5, 0.6) is 0 Å². The summed E-state index contributed by atoms with van der Waals surface area (Å²) in [6.07, 6.45) is 3.33. The summed E-state index contributed by atoms with van der Waals surface area (Å²) in [7, 11) is 1.74. The van der Waals surface area contributed by atoms with E-state index in [1.54, 1.807) is 23.9 Å². The van der Waals surface area contributed by atoms with Crippen molar-refractivity contribution < 1.29 is 29.1 Å². The summed E-state index contributed by atoms with van der Waals surface area (Å²) in [5.41, 5.74) is -0.467. The van der Waals surface area contributed by atoms with Crippen LogP contribution in [0.3, 0.4) is 0 Å². The molecule has 1 atom stereocenters. The summed E-state index contributed by atoms with van der Waals surface area (Å²) in [5.74, 6) is -1.07. The number of aliphatic carboxylic acids is 1. The molecule has 0 aromatic carbocycles. The van der Waals surface area contributed by atoms with Gasteiger partial charge in [0.15, 0.2) is 6.23 Å². The van der Waals surface area contributed by atoms with Gasteiger partial charge in [-0.1, -0.05) is 13.8 Å². The monoisotopic (exact) mass is 385 g/mol. The van der Waals surface area contributed by atoms with Crippen LogP contribution in [0.1, 0.15) is 40.0 Å². The van der Waals surface area contributed by atoms with E-state index < -0.39 is 11.4 Å². The van der Waals surface area contributed by atoms with Crippen LogP contribution in [0.25, 0.3) is 0 Å². The zero-order chi connectivity index (χ0) is 20.4. The molecule has 2 N–H and O–H groups in total. The molecular weight excluding hydrogens is 354 g/mol. The predicted octanol–water partition coefficient (Wildman–Crippen LogP) is 0.966. The number of carbonyl (C=O) groups is 3. The molecule has 0 saturated carbocycles. The average molecular weight is 385 g/mol. The number of carboxylic acids is 1. The average Bonchev–Trinajstić information content (AvgIpc) is 2.54. The quantitative estimate of drug-likeness (QED) is 0.482. The summed E-state index contributed by atoms with van der Waals surface area (Å²) in [4.78, 5) is 41.5. The highest BCUT2D eigenvalue weighted by Crippen LogP contribution is 2.20. The van der Waals surface area contributed by atoms with Crippen LogP contribution in [0.15, 0.2) is 12.3 Å². The van der Waals surface area contributed by atoms with E-state index in [4.69, 9.17) is 14.7 Å². The van der Waals surface area contributed by atoms with Crippen molar-refractivity contribution in [1.82, 2.24) is 15.3 Å².